The van der Waals surface area contributed by atoms with Crippen LogP contribution >= 0.6 is 0 Å². The fourth-order valence-electron chi connectivity index (χ4n) is 5.76. The minimum Gasteiger partial charge on any atom is -0.462 e. The molecule has 0 aliphatic carbocycles. The SMILES string of the molecule is C=C(C)C(=O)OCCC(C[Si](OC)(OC)OC)C(C)(C)[N+](C)(C)CCCCCCCCCCCCCCCCCC. The largest absolute Gasteiger partial charge is 0.500 e. The Balaban J connectivity index is 4.55. The van der Waals surface area contributed by atoms with Crippen molar-refractivity contribution in [3.8, 4) is 0 Å². The number of carbonyl (C=O) groups excluding carboxylic acids is 1. The van der Waals surface area contributed by atoms with Crippen molar-refractivity contribution in [2.75, 3.05) is 48.6 Å². The van der Waals surface area contributed by atoms with E-state index in [9.17, 15) is 4.79 Å². The van der Waals surface area contributed by atoms with E-state index in [1.54, 1.807) is 28.3 Å². The molecule has 1 atom stereocenters. The van der Waals surface area contributed by atoms with Gasteiger partial charge in [0.15, 0.2) is 0 Å². The van der Waals surface area contributed by atoms with Gasteiger partial charge >= 0.3 is 14.8 Å². The zero-order chi connectivity index (χ0) is 31.2. The van der Waals surface area contributed by atoms with Crippen molar-refractivity contribution in [3.05, 3.63) is 12.2 Å². The molecule has 41 heavy (non-hydrogen) atoms. The molecule has 0 fully saturated rings. The van der Waals surface area contributed by atoms with E-state index in [1.165, 1.54) is 103 Å². The Morgan fingerprint density at radius 3 is 1.51 bits per heavy atom. The van der Waals surface area contributed by atoms with E-state index in [2.05, 4.69) is 41.4 Å². The third kappa shape index (κ3) is 16.6. The maximum Gasteiger partial charge on any atom is 0.500 e. The molecule has 0 amide bonds. The number of carbonyl (C=O) groups is 1. The smallest absolute Gasteiger partial charge is 0.462 e. The van der Waals surface area contributed by atoms with Crippen LogP contribution in [0.15, 0.2) is 12.2 Å². The Bertz CT molecular complexity index is 670. The van der Waals surface area contributed by atoms with Crippen molar-refractivity contribution in [1.82, 2.24) is 0 Å². The van der Waals surface area contributed by atoms with Crippen LogP contribution in [0.4, 0.5) is 0 Å². The van der Waals surface area contributed by atoms with Gasteiger partial charge in [0.25, 0.3) is 0 Å². The van der Waals surface area contributed by atoms with Gasteiger partial charge in [-0.15, -0.1) is 0 Å². The Hall–Kier alpha value is -0.733. The minimum atomic E-state index is -2.81. The number of hydrogen-bond acceptors (Lipinski definition) is 5. The van der Waals surface area contributed by atoms with Gasteiger partial charge in [0.2, 0.25) is 0 Å². The first-order chi connectivity index (χ1) is 19.4. The van der Waals surface area contributed by atoms with E-state index < -0.39 is 8.80 Å². The Kier molecular flexibility index (Phi) is 22.3. The molecule has 0 aromatic heterocycles. The van der Waals surface area contributed by atoms with Crippen LogP contribution in [0.1, 0.15) is 137 Å². The van der Waals surface area contributed by atoms with E-state index in [1.807, 2.05) is 0 Å². The number of esters is 1. The van der Waals surface area contributed by atoms with Crippen LogP contribution in [0.25, 0.3) is 0 Å². The average Bonchev–Trinajstić information content (AvgIpc) is 2.94. The lowest BCUT2D eigenvalue weighted by molar-refractivity contribution is -0.942. The molecule has 0 aromatic rings. The van der Waals surface area contributed by atoms with Crippen molar-refractivity contribution in [2.45, 2.75) is 148 Å². The molecule has 0 aromatic carbocycles. The number of ether oxygens (including phenoxy) is 1. The molecule has 0 rings (SSSR count). The summed E-state index contributed by atoms with van der Waals surface area (Å²) in [5.41, 5.74) is 0.328. The number of rotatable bonds is 28. The van der Waals surface area contributed by atoms with Gasteiger partial charge in [-0.3, -0.25) is 0 Å². The van der Waals surface area contributed by atoms with Gasteiger partial charge in [0, 0.05) is 38.9 Å². The van der Waals surface area contributed by atoms with Gasteiger partial charge in [0.1, 0.15) is 0 Å². The molecule has 0 bridgehead atoms. The number of nitrogens with zero attached hydrogens (tertiary/aromatic N) is 1. The standard InChI is InChI=1S/C34H70NO5Si/c1-11-12-13-14-15-16-17-18-19-20-21-22-23-24-25-26-28-35(6,7)34(4,5)32(27-29-40-33(36)31(2)3)30-41(37-8,38-9)39-10/h32H,2,11-30H2,1,3-10H3/q+1. The molecule has 0 N–H and O–H groups in total. The van der Waals surface area contributed by atoms with E-state index in [-0.39, 0.29) is 17.4 Å². The first-order valence-corrected chi connectivity index (χ1v) is 18.7. The summed E-state index contributed by atoms with van der Waals surface area (Å²) in [4.78, 5) is 12.0. The summed E-state index contributed by atoms with van der Waals surface area (Å²) < 4.78 is 23.8. The molecule has 0 heterocycles. The molecule has 0 aliphatic heterocycles. The highest BCUT2D eigenvalue weighted by atomic mass is 28.4. The summed E-state index contributed by atoms with van der Waals surface area (Å²) in [7, 11) is 6.84. The van der Waals surface area contributed by atoms with Crippen LogP contribution in [0.5, 0.6) is 0 Å². The third-order valence-corrected chi connectivity index (χ3v) is 12.5. The molecular formula is C34H70NO5Si+. The normalized spacial score (nSPS) is 13.4. The van der Waals surface area contributed by atoms with Crippen LogP contribution < -0.4 is 0 Å². The number of hydrogen-bond donors (Lipinski definition) is 0. The van der Waals surface area contributed by atoms with Crippen LogP contribution in [0, 0.1) is 5.92 Å². The predicted molar refractivity (Wildman–Crippen MR) is 176 cm³/mol. The van der Waals surface area contributed by atoms with Crippen molar-refractivity contribution in [1.29, 1.82) is 0 Å². The highest BCUT2D eigenvalue weighted by molar-refractivity contribution is 6.60. The summed E-state index contributed by atoms with van der Waals surface area (Å²) in [6.45, 7) is 13.8. The molecular weight excluding hydrogens is 530 g/mol. The number of unbranched alkanes of at least 4 members (excludes halogenated alkanes) is 15. The van der Waals surface area contributed by atoms with Crippen molar-refractivity contribution in [3.63, 3.8) is 0 Å². The molecule has 7 heteroatoms. The van der Waals surface area contributed by atoms with E-state index in [0.29, 0.717) is 18.2 Å². The van der Waals surface area contributed by atoms with Crippen LogP contribution in [0.3, 0.4) is 0 Å². The summed E-state index contributed by atoms with van der Waals surface area (Å²) in [5.74, 6) is -0.153. The zero-order valence-electron chi connectivity index (χ0n) is 28.9. The van der Waals surface area contributed by atoms with Gasteiger partial charge in [-0.2, -0.15) is 0 Å². The van der Waals surface area contributed by atoms with E-state index in [4.69, 9.17) is 18.0 Å². The monoisotopic (exact) mass is 601 g/mol. The van der Waals surface area contributed by atoms with Gasteiger partial charge in [-0.05, 0) is 40.0 Å². The predicted octanol–water partition coefficient (Wildman–Crippen LogP) is 9.11. The van der Waals surface area contributed by atoms with Crippen molar-refractivity contribution < 1.29 is 27.3 Å². The second kappa shape index (κ2) is 22.8. The molecule has 1 unspecified atom stereocenters. The molecule has 0 aliphatic rings. The first-order valence-electron chi connectivity index (χ1n) is 16.7. The summed E-state index contributed by atoms with van der Waals surface area (Å²) >= 11 is 0. The molecule has 6 nitrogen and oxygen atoms in total. The fraction of sp³-hybridized carbons (Fsp3) is 0.912. The lowest BCUT2D eigenvalue weighted by Crippen LogP contribution is -2.62. The average molecular weight is 601 g/mol. The second-order valence-corrected chi connectivity index (χ2v) is 16.3. The minimum absolute atomic E-state index is 0.0982. The lowest BCUT2D eigenvalue weighted by atomic mass is 9.83. The second-order valence-electron chi connectivity index (χ2n) is 13.3. The first kappa shape index (κ1) is 40.3. The van der Waals surface area contributed by atoms with E-state index >= 15 is 0 Å². The Morgan fingerprint density at radius 2 is 1.15 bits per heavy atom. The lowest BCUT2D eigenvalue weighted by Gasteiger charge is -2.50. The van der Waals surface area contributed by atoms with Crippen molar-refractivity contribution in [2.24, 2.45) is 5.92 Å². The van der Waals surface area contributed by atoms with Crippen LogP contribution in [0.2, 0.25) is 6.04 Å². The van der Waals surface area contributed by atoms with Crippen molar-refractivity contribution >= 4 is 14.8 Å². The molecule has 0 saturated carbocycles. The Morgan fingerprint density at radius 1 is 0.756 bits per heavy atom. The topological polar surface area (TPSA) is 54.0 Å². The van der Waals surface area contributed by atoms with Gasteiger partial charge in [-0.1, -0.05) is 103 Å². The van der Waals surface area contributed by atoms with Gasteiger partial charge in [0.05, 0.1) is 32.8 Å². The molecule has 0 saturated heterocycles. The highest BCUT2D eigenvalue weighted by Crippen LogP contribution is 2.38. The number of quaternary nitrogens is 1. The van der Waals surface area contributed by atoms with Gasteiger partial charge < -0.3 is 22.5 Å². The van der Waals surface area contributed by atoms with E-state index in [0.717, 1.165) is 17.4 Å². The third-order valence-electron chi connectivity index (χ3n) is 9.61. The summed E-state index contributed by atoms with van der Waals surface area (Å²) in [6.07, 6.45) is 22.9. The summed E-state index contributed by atoms with van der Waals surface area (Å²) in [5, 5.41) is 0. The molecule has 244 valence electrons. The maximum atomic E-state index is 12.0. The highest BCUT2D eigenvalue weighted by Gasteiger charge is 2.50. The van der Waals surface area contributed by atoms with Crippen LogP contribution in [-0.2, 0) is 22.8 Å². The zero-order valence-corrected chi connectivity index (χ0v) is 29.9. The van der Waals surface area contributed by atoms with Gasteiger partial charge in [-0.25, -0.2) is 4.79 Å². The molecule has 0 radical (unpaired) electrons. The quantitative estimate of drug-likeness (QED) is 0.0295. The Labute approximate surface area is 256 Å². The summed E-state index contributed by atoms with van der Waals surface area (Å²) in [6, 6.07) is 0.675. The maximum absolute atomic E-state index is 12.0. The molecule has 0 spiro atoms. The van der Waals surface area contributed by atoms with Crippen LogP contribution in [-0.4, -0.2) is 73.4 Å². The fourth-order valence-corrected chi connectivity index (χ4v) is 8.07.